The summed E-state index contributed by atoms with van der Waals surface area (Å²) in [6, 6.07) is 0. The van der Waals surface area contributed by atoms with Gasteiger partial charge in [0, 0.05) is 0 Å². The minimum absolute atomic E-state index is 0.0847. The highest BCUT2D eigenvalue weighted by atomic mass is 16.3. The van der Waals surface area contributed by atoms with E-state index in [4.69, 9.17) is 0 Å². The average molecular weight is 329 g/mol. The van der Waals surface area contributed by atoms with Gasteiger partial charge < -0.3 is 5.11 Å². The van der Waals surface area contributed by atoms with Crippen molar-refractivity contribution in [2.24, 2.45) is 34.5 Å². The van der Waals surface area contributed by atoms with Gasteiger partial charge in [-0.25, -0.2) is 0 Å². The van der Waals surface area contributed by atoms with Crippen LogP contribution in [0.2, 0.25) is 0 Å². The largest absolute Gasteiger partial charge is 0.393 e. The molecule has 0 aromatic carbocycles. The molecule has 0 spiro atoms. The van der Waals surface area contributed by atoms with Gasteiger partial charge in [0.25, 0.3) is 0 Å². The van der Waals surface area contributed by atoms with E-state index in [-0.39, 0.29) is 6.10 Å². The fourth-order valence-electron chi connectivity index (χ4n) is 7.56. The van der Waals surface area contributed by atoms with Gasteiger partial charge in [0.1, 0.15) is 0 Å². The van der Waals surface area contributed by atoms with Crippen LogP contribution in [0.1, 0.15) is 78.6 Å². The number of aliphatic hydroxyl groups excluding tert-OH is 1. The Morgan fingerprint density at radius 2 is 1.96 bits per heavy atom. The lowest BCUT2D eigenvalue weighted by Gasteiger charge is -2.58. The number of hydrogen-bond acceptors (Lipinski definition) is 1. The lowest BCUT2D eigenvalue weighted by atomic mass is 9.47. The van der Waals surface area contributed by atoms with Gasteiger partial charge in [0.2, 0.25) is 0 Å². The Morgan fingerprint density at radius 1 is 1.17 bits per heavy atom. The molecule has 3 saturated carbocycles. The molecule has 0 amide bonds. The van der Waals surface area contributed by atoms with Crippen LogP contribution < -0.4 is 0 Å². The normalized spacial score (nSPS) is 50.5. The maximum atomic E-state index is 10.1. The third-order valence-corrected chi connectivity index (χ3v) is 9.02. The Bertz CT molecular complexity index is 560. The number of allylic oxidation sites excluding steroid dienone is 2. The summed E-state index contributed by atoms with van der Waals surface area (Å²) >= 11 is 0. The standard InChI is InChI=1S/C23H36O/c1-5-15(2)19-8-9-20-18-7-6-16-14-17(24)10-12-22(16,3)21(18)11-13-23(19,20)4/h6,17-21,24H,2,5,7-14H2,1,3-4H3. The molecule has 0 aromatic rings. The molecule has 0 heterocycles. The summed E-state index contributed by atoms with van der Waals surface area (Å²) in [5, 5.41) is 10.1. The Labute approximate surface area is 148 Å². The predicted octanol–water partition coefficient (Wildman–Crippen LogP) is 5.89. The highest BCUT2D eigenvalue weighted by molar-refractivity contribution is 5.26. The van der Waals surface area contributed by atoms with Crippen LogP contribution in [0.15, 0.2) is 23.8 Å². The molecular weight excluding hydrogens is 292 g/mol. The second-order valence-electron chi connectivity index (χ2n) is 9.84. The van der Waals surface area contributed by atoms with Crippen molar-refractivity contribution >= 4 is 0 Å². The molecule has 24 heavy (non-hydrogen) atoms. The summed E-state index contributed by atoms with van der Waals surface area (Å²) < 4.78 is 0. The van der Waals surface area contributed by atoms with E-state index in [0.29, 0.717) is 10.8 Å². The monoisotopic (exact) mass is 328 g/mol. The molecule has 4 aliphatic carbocycles. The Hall–Kier alpha value is -0.560. The molecule has 0 aliphatic heterocycles. The lowest BCUT2D eigenvalue weighted by molar-refractivity contribution is -0.0456. The molecule has 0 bridgehead atoms. The molecule has 7 unspecified atom stereocenters. The van der Waals surface area contributed by atoms with Crippen molar-refractivity contribution in [3.05, 3.63) is 23.8 Å². The zero-order chi connectivity index (χ0) is 17.1. The molecule has 1 N–H and O–H groups in total. The lowest BCUT2D eigenvalue weighted by Crippen LogP contribution is -2.50. The zero-order valence-electron chi connectivity index (χ0n) is 16.0. The predicted molar refractivity (Wildman–Crippen MR) is 101 cm³/mol. The van der Waals surface area contributed by atoms with Gasteiger partial charge in [0.15, 0.2) is 0 Å². The quantitative estimate of drug-likeness (QED) is 0.626. The van der Waals surface area contributed by atoms with Gasteiger partial charge in [-0.1, -0.05) is 44.6 Å². The van der Waals surface area contributed by atoms with Crippen LogP contribution in [0.25, 0.3) is 0 Å². The molecule has 4 rings (SSSR count). The Balaban J connectivity index is 1.64. The first kappa shape index (κ1) is 16.9. The van der Waals surface area contributed by atoms with Gasteiger partial charge in [-0.05, 0) is 92.3 Å². The topological polar surface area (TPSA) is 20.2 Å². The van der Waals surface area contributed by atoms with Crippen LogP contribution in [-0.2, 0) is 0 Å². The average Bonchev–Trinajstić information content (AvgIpc) is 2.92. The summed E-state index contributed by atoms with van der Waals surface area (Å²) in [7, 11) is 0. The second kappa shape index (κ2) is 5.73. The zero-order valence-corrected chi connectivity index (χ0v) is 16.0. The fourth-order valence-corrected chi connectivity index (χ4v) is 7.56. The molecule has 3 fully saturated rings. The maximum Gasteiger partial charge on any atom is 0.0577 e. The molecule has 0 aromatic heterocycles. The molecule has 0 radical (unpaired) electrons. The summed E-state index contributed by atoms with van der Waals surface area (Å²) in [6.45, 7) is 11.9. The summed E-state index contributed by atoms with van der Waals surface area (Å²) in [5.41, 5.74) is 3.99. The van der Waals surface area contributed by atoms with Crippen LogP contribution in [0, 0.1) is 34.5 Å². The van der Waals surface area contributed by atoms with Crippen molar-refractivity contribution < 1.29 is 5.11 Å². The van der Waals surface area contributed by atoms with Crippen molar-refractivity contribution in [3.8, 4) is 0 Å². The molecule has 134 valence electrons. The van der Waals surface area contributed by atoms with E-state index in [2.05, 4.69) is 33.4 Å². The number of rotatable bonds is 2. The van der Waals surface area contributed by atoms with Crippen molar-refractivity contribution in [2.45, 2.75) is 84.7 Å². The summed E-state index contributed by atoms with van der Waals surface area (Å²) in [6.07, 6.45) is 13.6. The van der Waals surface area contributed by atoms with Crippen LogP contribution in [0.4, 0.5) is 0 Å². The van der Waals surface area contributed by atoms with Crippen molar-refractivity contribution in [1.29, 1.82) is 0 Å². The third kappa shape index (κ3) is 2.23. The number of aliphatic hydroxyl groups is 1. The SMILES string of the molecule is C=C(CC)C1CCC2C3CC=C4CC(O)CCC4(C)C3CCC12C. The van der Waals surface area contributed by atoms with E-state index in [9.17, 15) is 5.11 Å². The summed E-state index contributed by atoms with van der Waals surface area (Å²) in [4.78, 5) is 0. The van der Waals surface area contributed by atoms with E-state index in [1.165, 1.54) is 44.1 Å². The Morgan fingerprint density at radius 3 is 2.71 bits per heavy atom. The highest BCUT2D eigenvalue weighted by Gasteiger charge is 2.58. The molecule has 1 heteroatoms. The van der Waals surface area contributed by atoms with Crippen molar-refractivity contribution in [2.75, 3.05) is 0 Å². The number of fused-ring (bicyclic) bond motifs is 5. The first-order valence-corrected chi connectivity index (χ1v) is 10.5. The Kier molecular flexibility index (Phi) is 4.03. The van der Waals surface area contributed by atoms with E-state index in [1.54, 1.807) is 5.57 Å². The van der Waals surface area contributed by atoms with Gasteiger partial charge >= 0.3 is 0 Å². The van der Waals surface area contributed by atoms with E-state index in [1.807, 2.05) is 0 Å². The molecule has 1 nitrogen and oxygen atoms in total. The second-order valence-corrected chi connectivity index (χ2v) is 9.84. The summed E-state index contributed by atoms with van der Waals surface area (Å²) in [5.74, 6) is 3.39. The van der Waals surface area contributed by atoms with Gasteiger partial charge in [0.05, 0.1) is 6.10 Å². The first-order chi connectivity index (χ1) is 11.4. The third-order valence-electron chi connectivity index (χ3n) is 9.02. The van der Waals surface area contributed by atoms with Crippen molar-refractivity contribution in [3.63, 3.8) is 0 Å². The van der Waals surface area contributed by atoms with Crippen LogP contribution >= 0.6 is 0 Å². The minimum atomic E-state index is -0.0847. The fraction of sp³-hybridized carbons (Fsp3) is 0.826. The first-order valence-electron chi connectivity index (χ1n) is 10.5. The molecule has 4 aliphatic rings. The van der Waals surface area contributed by atoms with Crippen LogP contribution in [-0.4, -0.2) is 11.2 Å². The molecule has 7 atom stereocenters. The smallest absolute Gasteiger partial charge is 0.0577 e. The molecular formula is C23H36O. The number of hydrogen-bond donors (Lipinski definition) is 1. The van der Waals surface area contributed by atoms with Gasteiger partial charge in [-0.2, -0.15) is 0 Å². The van der Waals surface area contributed by atoms with Crippen LogP contribution in [0.3, 0.4) is 0 Å². The van der Waals surface area contributed by atoms with Gasteiger partial charge in [-0.15, -0.1) is 0 Å². The van der Waals surface area contributed by atoms with E-state index >= 15 is 0 Å². The maximum absolute atomic E-state index is 10.1. The minimum Gasteiger partial charge on any atom is -0.393 e. The van der Waals surface area contributed by atoms with Crippen molar-refractivity contribution in [1.82, 2.24) is 0 Å². The van der Waals surface area contributed by atoms with E-state index < -0.39 is 0 Å². The van der Waals surface area contributed by atoms with E-state index in [0.717, 1.165) is 42.9 Å². The van der Waals surface area contributed by atoms with Crippen LogP contribution in [0.5, 0.6) is 0 Å². The van der Waals surface area contributed by atoms with Gasteiger partial charge in [-0.3, -0.25) is 0 Å². The molecule has 0 saturated heterocycles. The highest BCUT2D eigenvalue weighted by Crippen LogP contribution is 2.67.